The Labute approximate surface area is 216 Å². The van der Waals surface area contributed by atoms with Crippen LogP contribution in [0.1, 0.15) is 11.3 Å². The van der Waals surface area contributed by atoms with Crippen LogP contribution in [0.2, 0.25) is 0 Å². The van der Waals surface area contributed by atoms with Crippen molar-refractivity contribution in [1.29, 1.82) is 0 Å². The predicted octanol–water partition coefficient (Wildman–Crippen LogP) is 3.97. The second-order valence-electron chi connectivity index (χ2n) is 9.09. The zero-order chi connectivity index (χ0) is 26.9. The zero-order valence-electron chi connectivity index (χ0n) is 20.8. The van der Waals surface area contributed by atoms with Crippen LogP contribution in [0.3, 0.4) is 0 Å². The van der Waals surface area contributed by atoms with E-state index in [1.165, 1.54) is 12.1 Å². The molecule has 0 amide bonds. The highest BCUT2D eigenvalue weighted by atomic mass is 19.4. The van der Waals surface area contributed by atoms with Gasteiger partial charge in [0.05, 0.1) is 6.54 Å². The second kappa shape index (κ2) is 10.3. The molecule has 5 rings (SSSR count). The van der Waals surface area contributed by atoms with E-state index < -0.39 is 6.36 Å². The van der Waals surface area contributed by atoms with Crippen molar-refractivity contribution in [3.05, 3.63) is 76.3 Å². The van der Waals surface area contributed by atoms with Gasteiger partial charge in [-0.1, -0.05) is 5.16 Å². The first-order valence-corrected chi connectivity index (χ1v) is 12.0. The fraction of sp³-hybridized carbons (Fsp3) is 0.308. The molecule has 1 saturated heterocycles. The number of nitrogens with zero attached hydrogens (tertiary/aromatic N) is 6. The average molecular weight is 527 g/mol. The largest absolute Gasteiger partial charge is 0.573 e. The van der Waals surface area contributed by atoms with E-state index in [0.29, 0.717) is 12.1 Å². The van der Waals surface area contributed by atoms with Gasteiger partial charge in [0.2, 0.25) is 5.82 Å². The normalized spacial score (nSPS) is 14.6. The van der Waals surface area contributed by atoms with Crippen molar-refractivity contribution in [3.63, 3.8) is 0 Å². The summed E-state index contributed by atoms with van der Waals surface area (Å²) in [5.41, 5.74) is 2.03. The number of aryl methyl sites for hydroxylation is 1. The highest BCUT2D eigenvalue weighted by molar-refractivity contribution is 5.60. The summed E-state index contributed by atoms with van der Waals surface area (Å²) in [5, 5.41) is 3.90. The minimum Gasteiger partial charge on any atom is -0.406 e. The number of hydrogen-bond donors (Lipinski definition) is 0. The van der Waals surface area contributed by atoms with Crippen molar-refractivity contribution in [3.8, 4) is 28.6 Å². The van der Waals surface area contributed by atoms with E-state index in [-0.39, 0.29) is 28.6 Å². The third-order valence-corrected chi connectivity index (χ3v) is 6.37. The average Bonchev–Trinajstić information content (AvgIpc) is 3.37. The fourth-order valence-electron chi connectivity index (χ4n) is 4.24. The van der Waals surface area contributed by atoms with Gasteiger partial charge in [0.1, 0.15) is 17.1 Å². The van der Waals surface area contributed by atoms with Gasteiger partial charge in [-0.25, -0.2) is 4.98 Å². The number of ether oxygens (including phenoxy) is 1. The summed E-state index contributed by atoms with van der Waals surface area (Å²) in [6.07, 6.45) is -3.03. The Morgan fingerprint density at radius 2 is 1.76 bits per heavy atom. The first kappa shape index (κ1) is 25.5. The molecule has 1 aromatic carbocycles. The molecule has 9 nitrogen and oxygen atoms in total. The lowest BCUT2D eigenvalue weighted by molar-refractivity contribution is -0.274. The van der Waals surface area contributed by atoms with Gasteiger partial charge in [-0.3, -0.25) is 4.79 Å². The summed E-state index contributed by atoms with van der Waals surface area (Å²) in [5.74, 6) is 0.669. The molecule has 0 N–H and O–H groups in total. The van der Waals surface area contributed by atoms with Gasteiger partial charge < -0.3 is 23.6 Å². The molecule has 12 heteroatoms. The zero-order valence-corrected chi connectivity index (χ0v) is 20.8. The van der Waals surface area contributed by atoms with Gasteiger partial charge in [0, 0.05) is 43.6 Å². The van der Waals surface area contributed by atoms with E-state index >= 15 is 0 Å². The Bertz CT molecular complexity index is 1470. The highest BCUT2D eigenvalue weighted by Crippen LogP contribution is 2.26. The number of pyridine rings is 2. The highest BCUT2D eigenvalue weighted by Gasteiger charge is 2.31. The van der Waals surface area contributed by atoms with Crippen LogP contribution in [0.15, 0.2) is 64.0 Å². The monoisotopic (exact) mass is 526 g/mol. The molecular weight excluding hydrogens is 501 g/mol. The van der Waals surface area contributed by atoms with Crippen LogP contribution in [0.5, 0.6) is 5.75 Å². The summed E-state index contributed by atoms with van der Waals surface area (Å²) in [6.45, 7) is 5.88. The van der Waals surface area contributed by atoms with E-state index in [9.17, 15) is 18.0 Å². The van der Waals surface area contributed by atoms with Crippen molar-refractivity contribution in [2.24, 2.45) is 0 Å². The van der Waals surface area contributed by atoms with Crippen LogP contribution in [0, 0.1) is 6.92 Å². The number of likely N-dealkylation sites (N-methyl/N-ethyl adjacent to an activating group) is 1. The smallest absolute Gasteiger partial charge is 0.406 e. The lowest BCUT2D eigenvalue weighted by Crippen LogP contribution is -2.44. The van der Waals surface area contributed by atoms with Crippen molar-refractivity contribution < 1.29 is 22.4 Å². The SMILES string of the molecule is Cc1ccc(-c2nc(-c3ccc(OC(F)(F)F)cc3)no2)c(=O)n1Cc1ccnc(N2CCN(C)CC2)c1. The molecule has 0 bridgehead atoms. The van der Waals surface area contributed by atoms with Crippen molar-refractivity contribution in [2.75, 3.05) is 38.1 Å². The Morgan fingerprint density at radius 3 is 2.47 bits per heavy atom. The summed E-state index contributed by atoms with van der Waals surface area (Å²) in [6, 6.07) is 12.4. The molecule has 3 aromatic heterocycles. The molecule has 0 aliphatic carbocycles. The molecule has 38 heavy (non-hydrogen) atoms. The van der Waals surface area contributed by atoms with Crippen molar-refractivity contribution in [2.45, 2.75) is 19.8 Å². The van der Waals surface area contributed by atoms with E-state index in [1.54, 1.807) is 22.9 Å². The van der Waals surface area contributed by atoms with Gasteiger partial charge in [-0.05, 0) is 68.1 Å². The van der Waals surface area contributed by atoms with Gasteiger partial charge in [0.15, 0.2) is 0 Å². The Balaban J connectivity index is 1.37. The van der Waals surface area contributed by atoms with Crippen LogP contribution >= 0.6 is 0 Å². The molecule has 4 heterocycles. The lowest BCUT2D eigenvalue weighted by Gasteiger charge is -2.33. The summed E-state index contributed by atoms with van der Waals surface area (Å²) in [4.78, 5) is 26.7. The van der Waals surface area contributed by atoms with Crippen LogP contribution < -0.4 is 15.2 Å². The van der Waals surface area contributed by atoms with Gasteiger partial charge in [-0.2, -0.15) is 4.98 Å². The maximum absolute atomic E-state index is 13.4. The van der Waals surface area contributed by atoms with Crippen LogP contribution in [0.25, 0.3) is 22.8 Å². The molecule has 4 aromatic rings. The number of aromatic nitrogens is 4. The third-order valence-electron chi connectivity index (χ3n) is 6.37. The minimum absolute atomic E-state index is 0.0159. The first-order chi connectivity index (χ1) is 18.2. The second-order valence-corrected chi connectivity index (χ2v) is 9.09. The summed E-state index contributed by atoms with van der Waals surface area (Å²) >= 11 is 0. The number of alkyl halides is 3. The molecule has 0 radical (unpaired) electrons. The van der Waals surface area contributed by atoms with Crippen LogP contribution in [0.4, 0.5) is 19.0 Å². The molecule has 0 unspecified atom stereocenters. The van der Waals surface area contributed by atoms with Crippen LogP contribution in [-0.2, 0) is 6.54 Å². The topological polar surface area (TPSA) is 89.5 Å². The van der Waals surface area contributed by atoms with Crippen molar-refractivity contribution >= 4 is 5.82 Å². The standard InChI is InChI=1S/C26H25F3N6O3/c1-17-3-8-21(24-31-23(32-38-24)19-4-6-20(7-5-19)37-26(27,28)29)25(36)35(17)16-18-9-10-30-22(15-18)34-13-11-33(2)12-14-34/h3-10,15H,11-14,16H2,1-2H3. The predicted molar refractivity (Wildman–Crippen MR) is 134 cm³/mol. The minimum atomic E-state index is -4.78. The molecule has 1 fully saturated rings. The summed E-state index contributed by atoms with van der Waals surface area (Å²) < 4.78 is 48.1. The molecule has 198 valence electrons. The molecule has 0 spiro atoms. The number of piperazine rings is 1. The molecule has 1 aliphatic rings. The van der Waals surface area contributed by atoms with Gasteiger partial charge in [-0.15, -0.1) is 13.2 Å². The number of benzene rings is 1. The molecule has 0 saturated carbocycles. The third kappa shape index (κ3) is 5.70. The molecular formula is C26H25F3N6O3. The maximum Gasteiger partial charge on any atom is 0.573 e. The van der Waals surface area contributed by atoms with Gasteiger partial charge in [0.25, 0.3) is 11.4 Å². The van der Waals surface area contributed by atoms with Crippen molar-refractivity contribution in [1.82, 2.24) is 24.6 Å². The Kier molecular flexibility index (Phi) is 6.89. The van der Waals surface area contributed by atoms with E-state index in [4.69, 9.17) is 4.52 Å². The quantitative estimate of drug-likeness (QED) is 0.373. The van der Waals surface area contributed by atoms with E-state index in [2.05, 4.69) is 36.7 Å². The number of anilines is 1. The molecule has 1 aliphatic heterocycles. The van der Waals surface area contributed by atoms with E-state index in [1.807, 2.05) is 19.1 Å². The Morgan fingerprint density at radius 1 is 1.03 bits per heavy atom. The number of halogens is 3. The number of rotatable bonds is 6. The van der Waals surface area contributed by atoms with E-state index in [0.717, 1.165) is 55.4 Å². The molecule has 0 atom stereocenters. The number of hydrogen-bond acceptors (Lipinski definition) is 8. The Hall–Kier alpha value is -4.19. The van der Waals surface area contributed by atoms with Crippen LogP contribution in [-0.4, -0.2) is 64.2 Å². The maximum atomic E-state index is 13.4. The summed E-state index contributed by atoms with van der Waals surface area (Å²) in [7, 11) is 2.10. The lowest BCUT2D eigenvalue weighted by atomic mass is 10.2. The van der Waals surface area contributed by atoms with Gasteiger partial charge >= 0.3 is 6.36 Å². The fourth-order valence-corrected chi connectivity index (χ4v) is 4.24. The first-order valence-electron chi connectivity index (χ1n) is 12.0.